The summed E-state index contributed by atoms with van der Waals surface area (Å²) < 4.78 is 59.5. The van der Waals surface area contributed by atoms with Crippen LogP contribution in [0.1, 0.15) is 34.0 Å². The molecule has 5 nitrogen and oxygen atoms in total. The second-order valence-electron chi connectivity index (χ2n) is 7.20. The molecule has 0 saturated carbocycles. The van der Waals surface area contributed by atoms with Gasteiger partial charge in [0.15, 0.2) is 0 Å². The van der Waals surface area contributed by atoms with E-state index in [1.165, 1.54) is 31.2 Å². The Labute approximate surface area is 181 Å². The summed E-state index contributed by atoms with van der Waals surface area (Å²) in [5.41, 5.74) is -0.941. The largest absolute Gasteiger partial charge is 0.416 e. The van der Waals surface area contributed by atoms with E-state index in [1.807, 2.05) is 0 Å². The number of benzene rings is 2. The lowest BCUT2D eigenvalue weighted by atomic mass is 10.0. The van der Waals surface area contributed by atoms with Crippen LogP contribution in [0.5, 0.6) is 0 Å². The predicted octanol–water partition coefficient (Wildman–Crippen LogP) is 4.43. The number of nitrogens with zero attached hydrogens (tertiary/aromatic N) is 1. The predicted molar refractivity (Wildman–Crippen MR) is 112 cm³/mol. The van der Waals surface area contributed by atoms with Crippen molar-refractivity contribution in [1.82, 2.24) is 9.88 Å². The molecule has 0 radical (unpaired) electrons. The Kier molecular flexibility index (Phi) is 6.98. The maximum absolute atomic E-state index is 13.4. The highest BCUT2D eigenvalue weighted by atomic mass is 19.4. The first-order valence-corrected chi connectivity index (χ1v) is 9.98. The van der Waals surface area contributed by atoms with E-state index in [1.54, 1.807) is 13.0 Å². The summed E-state index contributed by atoms with van der Waals surface area (Å²) in [6, 6.07) is 8.73. The normalized spacial score (nSPS) is 11.7. The van der Waals surface area contributed by atoms with Gasteiger partial charge >= 0.3 is 6.18 Å². The standard InChI is InChI=1S/C23H22F4N2O3/c1-3-32-10-9-29-19-12-16(23(25,26)27)7-8-18(19)14(2)20(22(29)31)21(30)28-13-15-5-4-6-17(24)11-15/h4-8,11-12H,3,9-10,13H2,1-2H3,(H,28,30). The molecule has 0 aliphatic heterocycles. The van der Waals surface area contributed by atoms with Crippen LogP contribution >= 0.6 is 0 Å². The van der Waals surface area contributed by atoms with Crippen molar-refractivity contribution in [3.05, 3.63) is 80.9 Å². The van der Waals surface area contributed by atoms with Gasteiger partial charge in [0.05, 0.1) is 17.7 Å². The molecule has 0 aliphatic rings. The zero-order valence-electron chi connectivity index (χ0n) is 17.6. The van der Waals surface area contributed by atoms with E-state index in [9.17, 15) is 27.2 Å². The van der Waals surface area contributed by atoms with Crippen molar-refractivity contribution in [2.75, 3.05) is 13.2 Å². The lowest BCUT2D eigenvalue weighted by Gasteiger charge is -2.17. The third-order valence-electron chi connectivity index (χ3n) is 5.09. The van der Waals surface area contributed by atoms with Gasteiger partial charge in [0.2, 0.25) is 0 Å². The Hall–Kier alpha value is -3.20. The minimum Gasteiger partial charge on any atom is -0.380 e. The monoisotopic (exact) mass is 450 g/mol. The number of fused-ring (bicyclic) bond motifs is 1. The topological polar surface area (TPSA) is 60.3 Å². The van der Waals surface area contributed by atoms with E-state index < -0.39 is 29.0 Å². The molecule has 1 N–H and O–H groups in total. The van der Waals surface area contributed by atoms with Gasteiger partial charge in [0, 0.05) is 25.1 Å². The number of halogens is 4. The summed E-state index contributed by atoms with van der Waals surface area (Å²) in [6.45, 7) is 3.70. The molecule has 1 amide bonds. The quantitative estimate of drug-likeness (QED) is 0.428. The van der Waals surface area contributed by atoms with Crippen LogP contribution in [-0.2, 0) is 24.0 Å². The van der Waals surface area contributed by atoms with Crippen molar-refractivity contribution in [1.29, 1.82) is 0 Å². The summed E-state index contributed by atoms with van der Waals surface area (Å²) in [7, 11) is 0. The molecule has 0 atom stereocenters. The van der Waals surface area contributed by atoms with Crippen molar-refractivity contribution < 1.29 is 27.1 Å². The highest BCUT2D eigenvalue weighted by Crippen LogP contribution is 2.32. The van der Waals surface area contributed by atoms with Crippen LogP contribution in [-0.4, -0.2) is 23.7 Å². The van der Waals surface area contributed by atoms with Crippen LogP contribution in [0.3, 0.4) is 0 Å². The Morgan fingerprint density at radius 3 is 2.56 bits per heavy atom. The van der Waals surface area contributed by atoms with Crippen molar-refractivity contribution in [3.8, 4) is 0 Å². The van der Waals surface area contributed by atoms with Crippen molar-refractivity contribution in [2.45, 2.75) is 33.1 Å². The van der Waals surface area contributed by atoms with E-state index in [-0.39, 0.29) is 36.3 Å². The average Bonchev–Trinajstić information content (AvgIpc) is 2.74. The molecule has 0 spiro atoms. The fraction of sp³-hybridized carbons (Fsp3) is 0.304. The van der Waals surface area contributed by atoms with E-state index in [0.717, 1.165) is 16.7 Å². The summed E-state index contributed by atoms with van der Waals surface area (Å²) in [5, 5.41) is 2.94. The number of aryl methyl sites for hydroxylation is 1. The maximum atomic E-state index is 13.4. The zero-order valence-corrected chi connectivity index (χ0v) is 17.6. The summed E-state index contributed by atoms with van der Waals surface area (Å²) in [5.74, 6) is -1.15. The summed E-state index contributed by atoms with van der Waals surface area (Å²) >= 11 is 0. The molecule has 0 fully saturated rings. The highest BCUT2D eigenvalue weighted by molar-refractivity contribution is 6.00. The van der Waals surface area contributed by atoms with Crippen molar-refractivity contribution in [2.24, 2.45) is 0 Å². The smallest absolute Gasteiger partial charge is 0.380 e. The summed E-state index contributed by atoms with van der Waals surface area (Å²) in [6.07, 6.45) is -4.58. The second kappa shape index (κ2) is 9.52. The van der Waals surface area contributed by atoms with E-state index in [4.69, 9.17) is 4.74 Å². The number of hydrogen-bond donors (Lipinski definition) is 1. The molecule has 1 heterocycles. The van der Waals surface area contributed by atoms with Crippen molar-refractivity contribution >= 4 is 16.8 Å². The van der Waals surface area contributed by atoms with Gasteiger partial charge in [-0.3, -0.25) is 9.59 Å². The van der Waals surface area contributed by atoms with Gasteiger partial charge < -0.3 is 14.6 Å². The first kappa shape index (κ1) is 23.5. The van der Waals surface area contributed by atoms with Crippen LogP contribution in [0.15, 0.2) is 47.3 Å². The number of aromatic nitrogens is 1. The van der Waals surface area contributed by atoms with Crippen molar-refractivity contribution in [3.63, 3.8) is 0 Å². The molecule has 0 unspecified atom stereocenters. The molecule has 0 aliphatic carbocycles. The third kappa shape index (κ3) is 4.99. The first-order valence-electron chi connectivity index (χ1n) is 9.98. The molecule has 9 heteroatoms. The average molecular weight is 450 g/mol. The van der Waals surface area contributed by atoms with Crippen LogP contribution in [0.2, 0.25) is 0 Å². The highest BCUT2D eigenvalue weighted by Gasteiger charge is 2.31. The van der Waals surface area contributed by atoms with Crippen LogP contribution in [0.25, 0.3) is 10.9 Å². The Morgan fingerprint density at radius 2 is 1.91 bits per heavy atom. The van der Waals surface area contributed by atoms with E-state index >= 15 is 0 Å². The number of carbonyl (C=O) groups excluding carboxylic acids is 1. The number of rotatable bonds is 7. The Morgan fingerprint density at radius 1 is 1.16 bits per heavy atom. The Bertz CT molecular complexity index is 1200. The minimum absolute atomic E-state index is 0.0144. The number of ether oxygens (including phenoxy) is 1. The number of pyridine rings is 1. The molecular formula is C23H22F4N2O3. The number of alkyl halides is 3. The zero-order chi connectivity index (χ0) is 23.5. The first-order chi connectivity index (χ1) is 15.1. The number of hydrogen-bond acceptors (Lipinski definition) is 3. The van der Waals surface area contributed by atoms with E-state index in [2.05, 4.69) is 5.32 Å². The molecule has 170 valence electrons. The van der Waals surface area contributed by atoms with Gasteiger partial charge in [-0.2, -0.15) is 13.2 Å². The van der Waals surface area contributed by atoms with Gasteiger partial charge in [0.1, 0.15) is 11.4 Å². The minimum atomic E-state index is -4.58. The number of amides is 1. The maximum Gasteiger partial charge on any atom is 0.416 e. The van der Waals surface area contributed by atoms with Gasteiger partial charge in [-0.1, -0.05) is 18.2 Å². The molecule has 1 aromatic heterocycles. The molecule has 3 aromatic rings. The lowest BCUT2D eigenvalue weighted by Crippen LogP contribution is -2.35. The molecule has 2 aromatic carbocycles. The van der Waals surface area contributed by atoms with Crippen LogP contribution in [0, 0.1) is 12.7 Å². The molecule has 32 heavy (non-hydrogen) atoms. The Balaban J connectivity index is 2.07. The van der Waals surface area contributed by atoms with Gasteiger partial charge in [0.25, 0.3) is 11.5 Å². The molecular weight excluding hydrogens is 428 g/mol. The second-order valence-corrected chi connectivity index (χ2v) is 7.20. The van der Waals surface area contributed by atoms with Gasteiger partial charge in [-0.05, 0) is 49.2 Å². The SMILES string of the molecule is CCOCCn1c(=O)c(C(=O)NCc2cccc(F)c2)c(C)c2ccc(C(F)(F)F)cc21. The number of carbonyl (C=O) groups is 1. The van der Waals surface area contributed by atoms with Gasteiger partial charge in [-0.25, -0.2) is 4.39 Å². The number of nitrogens with one attached hydrogen (secondary N) is 1. The lowest BCUT2D eigenvalue weighted by molar-refractivity contribution is -0.137. The molecule has 0 saturated heterocycles. The van der Waals surface area contributed by atoms with E-state index in [0.29, 0.717) is 17.6 Å². The van der Waals surface area contributed by atoms with Crippen LogP contribution in [0.4, 0.5) is 17.6 Å². The summed E-state index contributed by atoms with van der Waals surface area (Å²) in [4.78, 5) is 26.0. The third-order valence-corrected chi connectivity index (χ3v) is 5.09. The van der Waals surface area contributed by atoms with Crippen LogP contribution < -0.4 is 10.9 Å². The molecule has 3 rings (SSSR count). The fourth-order valence-electron chi connectivity index (χ4n) is 3.50. The molecule has 0 bridgehead atoms. The fourth-order valence-corrected chi connectivity index (χ4v) is 3.50. The van der Waals surface area contributed by atoms with Gasteiger partial charge in [-0.15, -0.1) is 0 Å².